The van der Waals surface area contributed by atoms with Gasteiger partial charge in [0, 0.05) is 29.7 Å². The van der Waals surface area contributed by atoms with Crippen molar-refractivity contribution in [2.45, 2.75) is 20.0 Å². The quantitative estimate of drug-likeness (QED) is 0.341. The fourth-order valence-electron chi connectivity index (χ4n) is 1.80. The molecule has 2 rings (SSSR count). The van der Waals surface area contributed by atoms with Gasteiger partial charge < -0.3 is 16.3 Å². The molecule has 1 aromatic carbocycles. The molecule has 0 saturated carbocycles. The predicted molar refractivity (Wildman–Crippen MR) is 76.3 cm³/mol. The Labute approximate surface area is 120 Å². The smallest absolute Gasteiger partial charge is 0.170 e. The second-order valence-corrected chi connectivity index (χ2v) is 5.56. The molecule has 7 heteroatoms. The third kappa shape index (κ3) is 3.52. The van der Waals surface area contributed by atoms with E-state index in [-0.39, 0.29) is 5.84 Å². The molecule has 0 spiro atoms. The molecule has 0 aliphatic rings. The van der Waals surface area contributed by atoms with E-state index in [1.807, 2.05) is 13.1 Å². The van der Waals surface area contributed by atoms with Gasteiger partial charge in [0.2, 0.25) is 0 Å². The van der Waals surface area contributed by atoms with Crippen LogP contribution in [0.15, 0.2) is 29.6 Å². The van der Waals surface area contributed by atoms with E-state index in [0.717, 1.165) is 15.4 Å². The summed E-state index contributed by atoms with van der Waals surface area (Å²) in [6.07, 6.45) is 1.82. The summed E-state index contributed by atoms with van der Waals surface area (Å²) in [5.41, 5.74) is 6.70. The van der Waals surface area contributed by atoms with Crippen LogP contribution < -0.4 is 11.1 Å². The Morgan fingerprint density at radius 3 is 2.95 bits per heavy atom. The Morgan fingerprint density at radius 1 is 1.50 bits per heavy atom. The maximum absolute atomic E-state index is 13.2. The molecule has 0 unspecified atom stereocenters. The molecule has 106 valence electrons. The average Bonchev–Trinajstić information content (AvgIpc) is 2.85. The number of amidine groups is 1. The zero-order chi connectivity index (χ0) is 14.5. The first kappa shape index (κ1) is 14.4. The zero-order valence-electron chi connectivity index (χ0n) is 10.9. The summed E-state index contributed by atoms with van der Waals surface area (Å²) in [6, 6.07) is 4.22. The van der Waals surface area contributed by atoms with Crippen LogP contribution in [0.3, 0.4) is 0 Å². The molecule has 0 radical (unpaired) electrons. The Hall–Kier alpha value is -1.99. The number of aromatic nitrogens is 1. The van der Waals surface area contributed by atoms with Gasteiger partial charge in [-0.1, -0.05) is 11.2 Å². The van der Waals surface area contributed by atoms with Gasteiger partial charge in [0.25, 0.3) is 0 Å². The molecular weight excluding hydrogens is 279 g/mol. The molecule has 0 aliphatic carbocycles. The lowest BCUT2D eigenvalue weighted by Crippen LogP contribution is -2.20. The number of rotatable bonds is 5. The molecule has 0 fully saturated rings. The van der Waals surface area contributed by atoms with Crippen LogP contribution in [-0.2, 0) is 13.1 Å². The standard InChI is InChI=1S/C13H15FN4OS/c1-8-17-7-11(20-8)6-16-5-9-2-3-10(14)4-12(9)13(15)18-19/h2-4,7,16,19H,5-6H2,1H3,(H2,15,18). The Balaban J connectivity index is 2.05. The topological polar surface area (TPSA) is 83.5 Å². The van der Waals surface area contributed by atoms with Crippen molar-refractivity contribution in [1.29, 1.82) is 0 Å². The molecule has 0 amide bonds. The van der Waals surface area contributed by atoms with Crippen LogP contribution in [0.5, 0.6) is 0 Å². The lowest BCUT2D eigenvalue weighted by atomic mass is 10.1. The van der Waals surface area contributed by atoms with Crippen LogP contribution in [-0.4, -0.2) is 16.0 Å². The Kier molecular flexibility index (Phi) is 4.65. The van der Waals surface area contributed by atoms with Crippen LogP contribution >= 0.6 is 11.3 Å². The summed E-state index contributed by atoms with van der Waals surface area (Å²) >= 11 is 1.62. The first-order valence-electron chi connectivity index (χ1n) is 5.98. The highest BCUT2D eigenvalue weighted by Gasteiger charge is 2.08. The van der Waals surface area contributed by atoms with E-state index in [1.54, 1.807) is 17.4 Å². The summed E-state index contributed by atoms with van der Waals surface area (Å²) in [6.45, 7) is 3.10. The SMILES string of the molecule is Cc1ncc(CNCc2ccc(F)cc2C(N)=NO)s1. The molecule has 0 bridgehead atoms. The number of nitrogens with one attached hydrogen (secondary N) is 1. The monoisotopic (exact) mass is 294 g/mol. The lowest BCUT2D eigenvalue weighted by Gasteiger charge is -2.09. The normalized spacial score (nSPS) is 11.8. The minimum absolute atomic E-state index is 0.102. The van der Waals surface area contributed by atoms with Crippen LogP contribution in [0.1, 0.15) is 21.0 Å². The number of halogens is 1. The highest BCUT2D eigenvalue weighted by atomic mass is 32.1. The largest absolute Gasteiger partial charge is 0.409 e. The third-order valence-electron chi connectivity index (χ3n) is 2.74. The minimum atomic E-state index is -0.423. The summed E-state index contributed by atoms with van der Waals surface area (Å²) in [5.74, 6) is -0.525. The number of hydrogen-bond donors (Lipinski definition) is 3. The van der Waals surface area contributed by atoms with Crippen molar-refractivity contribution in [3.63, 3.8) is 0 Å². The van der Waals surface area contributed by atoms with Gasteiger partial charge >= 0.3 is 0 Å². The Bertz CT molecular complexity index is 627. The lowest BCUT2D eigenvalue weighted by molar-refractivity contribution is 0.318. The van der Waals surface area contributed by atoms with E-state index < -0.39 is 5.82 Å². The van der Waals surface area contributed by atoms with Gasteiger partial charge in [0.1, 0.15) is 5.82 Å². The minimum Gasteiger partial charge on any atom is -0.409 e. The van der Waals surface area contributed by atoms with Crippen molar-refractivity contribution in [1.82, 2.24) is 10.3 Å². The molecule has 20 heavy (non-hydrogen) atoms. The molecule has 0 saturated heterocycles. The van der Waals surface area contributed by atoms with Gasteiger partial charge in [-0.2, -0.15) is 0 Å². The predicted octanol–water partition coefficient (Wildman–Crippen LogP) is 1.97. The van der Waals surface area contributed by atoms with Crippen LogP contribution in [0.4, 0.5) is 4.39 Å². The number of benzene rings is 1. The van der Waals surface area contributed by atoms with Gasteiger partial charge in [-0.3, -0.25) is 0 Å². The molecule has 4 N–H and O–H groups in total. The first-order valence-corrected chi connectivity index (χ1v) is 6.80. The maximum Gasteiger partial charge on any atom is 0.170 e. The van der Waals surface area contributed by atoms with E-state index in [4.69, 9.17) is 10.9 Å². The zero-order valence-corrected chi connectivity index (χ0v) is 11.7. The van der Waals surface area contributed by atoms with E-state index in [2.05, 4.69) is 15.5 Å². The van der Waals surface area contributed by atoms with E-state index >= 15 is 0 Å². The van der Waals surface area contributed by atoms with Crippen molar-refractivity contribution < 1.29 is 9.60 Å². The van der Waals surface area contributed by atoms with E-state index in [0.29, 0.717) is 18.7 Å². The van der Waals surface area contributed by atoms with Crippen molar-refractivity contribution in [3.05, 3.63) is 51.2 Å². The summed E-state index contributed by atoms with van der Waals surface area (Å²) in [4.78, 5) is 5.29. The van der Waals surface area contributed by atoms with Crippen molar-refractivity contribution in [2.75, 3.05) is 0 Å². The Morgan fingerprint density at radius 2 is 2.30 bits per heavy atom. The number of aryl methyl sites for hydroxylation is 1. The number of thiazole rings is 1. The molecule has 1 heterocycles. The number of nitrogens with two attached hydrogens (primary N) is 1. The van der Waals surface area contributed by atoms with Gasteiger partial charge in [0.15, 0.2) is 5.84 Å². The van der Waals surface area contributed by atoms with Gasteiger partial charge in [-0.05, 0) is 24.6 Å². The summed E-state index contributed by atoms with van der Waals surface area (Å²) in [5, 5.41) is 15.9. The third-order valence-corrected chi connectivity index (χ3v) is 3.65. The van der Waals surface area contributed by atoms with Crippen LogP contribution in [0.2, 0.25) is 0 Å². The van der Waals surface area contributed by atoms with Crippen molar-refractivity contribution in [3.8, 4) is 0 Å². The van der Waals surface area contributed by atoms with Crippen LogP contribution in [0.25, 0.3) is 0 Å². The molecule has 5 nitrogen and oxygen atoms in total. The fourth-order valence-corrected chi connectivity index (χ4v) is 2.57. The highest BCUT2D eigenvalue weighted by Crippen LogP contribution is 2.13. The van der Waals surface area contributed by atoms with Crippen LogP contribution in [0, 0.1) is 12.7 Å². The number of nitrogens with zero attached hydrogens (tertiary/aromatic N) is 2. The van der Waals surface area contributed by atoms with Gasteiger partial charge in [-0.15, -0.1) is 11.3 Å². The average molecular weight is 294 g/mol. The van der Waals surface area contributed by atoms with Gasteiger partial charge in [-0.25, -0.2) is 9.37 Å². The number of oxime groups is 1. The molecular formula is C13H15FN4OS. The molecule has 2 aromatic rings. The first-order chi connectivity index (χ1) is 9.60. The van der Waals surface area contributed by atoms with E-state index in [9.17, 15) is 4.39 Å². The maximum atomic E-state index is 13.2. The van der Waals surface area contributed by atoms with Gasteiger partial charge in [0.05, 0.1) is 5.01 Å². The van der Waals surface area contributed by atoms with Crippen molar-refractivity contribution in [2.24, 2.45) is 10.9 Å². The highest BCUT2D eigenvalue weighted by molar-refractivity contribution is 7.11. The summed E-state index contributed by atoms with van der Waals surface area (Å²) < 4.78 is 13.2. The second-order valence-electron chi connectivity index (χ2n) is 4.24. The van der Waals surface area contributed by atoms with Crippen molar-refractivity contribution >= 4 is 17.2 Å². The summed E-state index contributed by atoms with van der Waals surface area (Å²) in [7, 11) is 0. The molecule has 1 aromatic heterocycles. The molecule has 0 aliphatic heterocycles. The van der Waals surface area contributed by atoms with E-state index in [1.165, 1.54) is 12.1 Å². The number of hydrogen-bond acceptors (Lipinski definition) is 5. The molecule has 0 atom stereocenters. The second kappa shape index (κ2) is 6.44. The fraction of sp³-hybridized carbons (Fsp3) is 0.231.